The second-order valence-corrected chi connectivity index (χ2v) is 9.34. The monoisotopic (exact) mass is 544 g/mol. The van der Waals surface area contributed by atoms with E-state index in [2.05, 4.69) is 27.8 Å². The van der Waals surface area contributed by atoms with E-state index in [0.717, 1.165) is 36.1 Å². The van der Waals surface area contributed by atoms with E-state index < -0.39 is 0 Å². The molecule has 2 N–H and O–H groups in total. The Morgan fingerprint density at radius 1 is 0.900 bits per heavy atom. The fraction of sp³-hybridized carbons (Fsp3) is 0.290. The molecule has 1 amide bonds. The molecule has 0 bridgehead atoms. The number of anilines is 1. The van der Waals surface area contributed by atoms with Gasteiger partial charge in [-0.15, -0.1) is 10.2 Å². The second kappa shape index (κ2) is 14.0. The first-order valence-electron chi connectivity index (χ1n) is 13.4. The van der Waals surface area contributed by atoms with Gasteiger partial charge in [0.25, 0.3) is 5.91 Å². The summed E-state index contributed by atoms with van der Waals surface area (Å²) in [5.41, 5.74) is 4.08. The van der Waals surface area contributed by atoms with Crippen LogP contribution in [0, 0.1) is 5.82 Å². The van der Waals surface area contributed by atoms with Gasteiger partial charge in [-0.05, 0) is 86.0 Å². The van der Waals surface area contributed by atoms with Crippen LogP contribution in [0.15, 0.2) is 77.2 Å². The van der Waals surface area contributed by atoms with Crippen LogP contribution >= 0.6 is 0 Å². The maximum atomic E-state index is 13.2. The molecule has 8 nitrogen and oxygen atoms in total. The highest BCUT2D eigenvalue weighted by atomic mass is 19.1. The fourth-order valence-electron chi connectivity index (χ4n) is 4.26. The molecule has 1 atom stereocenters. The molecule has 3 aromatic carbocycles. The lowest BCUT2D eigenvalue weighted by molar-refractivity contribution is -0.142. The quantitative estimate of drug-likeness (QED) is 0.197. The molecule has 1 heterocycles. The molecule has 0 aliphatic rings. The highest BCUT2D eigenvalue weighted by Gasteiger charge is 2.13. The first-order chi connectivity index (χ1) is 19.4. The van der Waals surface area contributed by atoms with Crippen molar-refractivity contribution in [1.29, 1.82) is 0 Å². The lowest BCUT2D eigenvalue weighted by Crippen LogP contribution is -2.26. The number of benzene rings is 3. The van der Waals surface area contributed by atoms with Gasteiger partial charge >= 0.3 is 5.97 Å². The number of nitrogens with one attached hydrogen (secondary N) is 2. The molecule has 0 aliphatic heterocycles. The molecule has 0 spiro atoms. The smallest absolute Gasteiger partial charge is 0.307 e. The zero-order valence-corrected chi connectivity index (χ0v) is 22.7. The van der Waals surface area contributed by atoms with E-state index in [1.807, 2.05) is 36.4 Å². The summed E-state index contributed by atoms with van der Waals surface area (Å²) in [4.78, 5) is 23.8. The predicted molar refractivity (Wildman–Crippen MR) is 151 cm³/mol. The first-order valence-corrected chi connectivity index (χ1v) is 13.4. The van der Waals surface area contributed by atoms with E-state index in [1.54, 1.807) is 31.2 Å². The van der Waals surface area contributed by atoms with Gasteiger partial charge < -0.3 is 19.8 Å². The number of rotatable bonds is 13. The Morgan fingerprint density at radius 3 is 2.12 bits per heavy atom. The van der Waals surface area contributed by atoms with Crippen molar-refractivity contribution < 1.29 is 23.1 Å². The van der Waals surface area contributed by atoms with Crippen LogP contribution in [0.3, 0.4) is 0 Å². The number of aromatic nitrogens is 2. The number of amides is 1. The van der Waals surface area contributed by atoms with Gasteiger partial charge in [0.2, 0.25) is 11.8 Å². The third-order valence-corrected chi connectivity index (χ3v) is 6.27. The standard InChI is InChI=1S/C31H33FN4O4/c1-3-5-27(34-26-16-12-22(13-17-26)29(38)33-19-18-28(37)39-4-2)20-21-6-8-23(9-7-21)30-35-36-31(40-30)24-10-14-25(32)15-11-24/h6-17,27,34H,3-5,18-20H2,1-2H3,(H,33,38). The van der Waals surface area contributed by atoms with E-state index in [9.17, 15) is 14.0 Å². The Labute approximate surface area is 233 Å². The van der Waals surface area contributed by atoms with Crippen LogP contribution in [-0.2, 0) is 16.0 Å². The average molecular weight is 545 g/mol. The van der Waals surface area contributed by atoms with Gasteiger partial charge in [-0.1, -0.05) is 25.5 Å². The molecule has 0 saturated heterocycles. The fourth-order valence-corrected chi connectivity index (χ4v) is 4.26. The number of hydrogen-bond acceptors (Lipinski definition) is 7. The Kier molecular flexibility index (Phi) is 9.99. The van der Waals surface area contributed by atoms with Crippen LogP contribution in [0.2, 0.25) is 0 Å². The molecule has 40 heavy (non-hydrogen) atoms. The molecule has 0 saturated carbocycles. The van der Waals surface area contributed by atoms with E-state index in [0.29, 0.717) is 29.5 Å². The van der Waals surface area contributed by atoms with Gasteiger partial charge in [0.05, 0.1) is 13.0 Å². The minimum absolute atomic E-state index is 0.144. The molecule has 0 radical (unpaired) electrons. The molecule has 4 aromatic rings. The van der Waals surface area contributed by atoms with Crippen molar-refractivity contribution in [3.05, 3.63) is 89.7 Å². The topological polar surface area (TPSA) is 106 Å². The number of ether oxygens (including phenoxy) is 1. The zero-order valence-electron chi connectivity index (χ0n) is 22.7. The highest BCUT2D eigenvalue weighted by Crippen LogP contribution is 2.25. The summed E-state index contributed by atoms with van der Waals surface area (Å²) in [5.74, 6) is -0.138. The summed E-state index contributed by atoms with van der Waals surface area (Å²) in [6.07, 6.45) is 2.95. The summed E-state index contributed by atoms with van der Waals surface area (Å²) in [7, 11) is 0. The van der Waals surface area contributed by atoms with Crippen LogP contribution in [0.4, 0.5) is 10.1 Å². The third-order valence-electron chi connectivity index (χ3n) is 6.27. The largest absolute Gasteiger partial charge is 0.466 e. The second-order valence-electron chi connectivity index (χ2n) is 9.34. The average Bonchev–Trinajstić information content (AvgIpc) is 3.45. The number of nitrogens with zero attached hydrogens (tertiary/aromatic N) is 2. The molecule has 1 unspecified atom stereocenters. The van der Waals surface area contributed by atoms with Crippen molar-refractivity contribution in [2.24, 2.45) is 0 Å². The van der Waals surface area contributed by atoms with Crippen molar-refractivity contribution in [3.8, 4) is 22.9 Å². The van der Waals surface area contributed by atoms with Crippen LogP contribution in [0.5, 0.6) is 0 Å². The molecule has 0 aliphatic carbocycles. The normalized spacial score (nSPS) is 11.6. The number of hydrogen-bond donors (Lipinski definition) is 2. The molecular weight excluding hydrogens is 511 g/mol. The maximum absolute atomic E-state index is 13.2. The lowest BCUT2D eigenvalue weighted by Gasteiger charge is -2.20. The number of halogens is 1. The third kappa shape index (κ3) is 7.99. The first kappa shape index (κ1) is 28.5. The van der Waals surface area contributed by atoms with Crippen molar-refractivity contribution in [2.75, 3.05) is 18.5 Å². The molecule has 208 valence electrons. The Bertz CT molecular complexity index is 1390. The molecule has 9 heteroatoms. The Balaban J connectivity index is 1.33. The molecule has 4 rings (SSSR count). The van der Waals surface area contributed by atoms with Gasteiger partial charge in [0, 0.05) is 35.0 Å². The van der Waals surface area contributed by atoms with E-state index in [1.165, 1.54) is 12.1 Å². The van der Waals surface area contributed by atoms with E-state index >= 15 is 0 Å². The maximum Gasteiger partial charge on any atom is 0.307 e. The van der Waals surface area contributed by atoms with Gasteiger partial charge in [-0.2, -0.15) is 0 Å². The van der Waals surface area contributed by atoms with Crippen LogP contribution < -0.4 is 10.6 Å². The van der Waals surface area contributed by atoms with Crippen LogP contribution in [0.25, 0.3) is 22.9 Å². The van der Waals surface area contributed by atoms with Crippen LogP contribution in [-0.4, -0.2) is 41.3 Å². The summed E-state index contributed by atoms with van der Waals surface area (Å²) >= 11 is 0. The van der Waals surface area contributed by atoms with Crippen molar-refractivity contribution in [3.63, 3.8) is 0 Å². The molecule has 0 fully saturated rings. The van der Waals surface area contributed by atoms with Gasteiger partial charge in [0.15, 0.2) is 0 Å². The SMILES string of the molecule is CCCC(Cc1ccc(-c2nnc(-c3ccc(F)cc3)o2)cc1)Nc1ccc(C(=O)NCCC(=O)OCC)cc1. The number of carbonyl (C=O) groups excluding carboxylic acids is 2. The number of esters is 1. The minimum atomic E-state index is -0.329. The Morgan fingerprint density at radius 2 is 1.52 bits per heavy atom. The highest BCUT2D eigenvalue weighted by molar-refractivity contribution is 5.94. The number of carbonyl (C=O) groups is 2. The summed E-state index contributed by atoms with van der Waals surface area (Å²) < 4.78 is 23.9. The summed E-state index contributed by atoms with van der Waals surface area (Å²) in [6.45, 7) is 4.46. The van der Waals surface area contributed by atoms with Gasteiger partial charge in [-0.3, -0.25) is 9.59 Å². The van der Waals surface area contributed by atoms with E-state index in [-0.39, 0.29) is 36.7 Å². The van der Waals surface area contributed by atoms with E-state index in [4.69, 9.17) is 9.15 Å². The molecule has 1 aromatic heterocycles. The zero-order chi connectivity index (χ0) is 28.3. The van der Waals surface area contributed by atoms with Crippen LogP contribution in [0.1, 0.15) is 49.0 Å². The van der Waals surface area contributed by atoms with Crippen molar-refractivity contribution in [1.82, 2.24) is 15.5 Å². The summed E-state index contributed by atoms with van der Waals surface area (Å²) in [6, 6.07) is 21.4. The summed E-state index contributed by atoms with van der Waals surface area (Å²) in [5, 5.41) is 14.5. The predicted octanol–water partition coefficient (Wildman–Crippen LogP) is 6.05. The van der Waals surface area contributed by atoms with Gasteiger partial charge in [-0.25, -0.2) is 4.39 Å². The van der Waals surface area contributed by atoms with Crippen molar-refractivity contribution in [2.45, 2.75) is 45.6 Å². The minimum Gasteiger partial charge on any atom is -0.466 e. The molecular formula is C31H33FN4O4. The Hall–Kier alpha value is -4.53. The van der Waals surface area contributed by atoms with Crippen molar-refractivity contribution >= 4 is 17.6 Å². The van der Waals surface area contributed by atoms with Gasteiger partial charge in [0.1, 0.15) is 5.82 Å². The lowest BCUT2D eigenvalue weighted by atomic mass is 10.0.